The van der Waals surface area contributed by atoms with E-state index < -0.39 is 0 Å². The highest BCUT2D eigenvalue weighted by Gasteiger charge is 2.42. The number of benzene rings is 2. The Labute approximate surface area is 167 Å². The van der Waals surface area contributed by atoms with E-state index in [0.717, 1.165) is 33.9 Å². The van der Waals surface area contributed by atoms with Gasteiger partial charge in [-0.05, 0) is 41.9 Å². The first-order valence-electron chi connectivity index (χ1n) is 9.35. The van der Waals surface area contributed by atoms with Gasteiger partial charge in [0, 0.05) is 23.1 Å². The van der Waals surface area contributed by atoms with Crippen molar-refractivity contribution >= 4 is 17.0 Å². The third-order valence-electron chi connectivity index (χ3n) is 5.12. The number of phenolic OH excluding ortho intramolecular Hbond substituents is 1. The van der Waals surface area contributed by atoms with Gasteiger partial charge in [0.1, 0.15) is 5.75 Å². The molecule has 142 valence electrons. The Hall–Kier alpha value is -2.99. The van der Waals surface area contributed by atoms with Gasteiger partial charge in [-0.15, -0.1) is 0 Å². The van der Waals surface area contributed by atoms with Crippen molar-refractivity contribution in [1.29, 1.82) is 0 Å². The fourth-order valence-corrected chi connectivity index (χ4v) is 4.54. The molecule has 1 aromatic heterocycles. The van der Waals surface area contributed by atoms with Crippen LogP contribution in [0.5, 0.6) is 17.2 Å². The van der Waals surface area contributed by atoms with E-state index in [9.17, 15) is 5.11 Å². The molecule has 3 heterocycles. The molecule has 2 aliphatic rings. The smallest absolute Gasteiger partial charge is 0.214 e. The largest absolute Gasteiger partial charge is 0.507 e. The predicted octanol–water partition coefficient (Wildman–Crippen LogP) is 5.09. The van der Waals surface area contributed by atoms with Gasteiger partial charge in [-0.3, -0.25) is 0 Å². The molecule has 2 aromatic carbocycles. The highest BCUT2D eigenvalue weighted by molar-refractivity contribution is 7.07. The number of nitrogens with zero attached hydrogens (tertiary/aromatic N) is 2. The van der Waals surface area contributed by atoms with E-state index in [1.807, 2.05) is 47.6 Å². The van der Waals surface area contributed by atoms with Crippen LogP contribution in [0.3, 0.4) is 0 Å². The fraction of sp³-hybridized carbons (Fsp3) is 0.227. The highest BCUT2D eigenvalue weighted by atomic mass is 32.1. The number of fused-ring (bicyclic) bond motifs is 3. The SMILES string of the molecule is CCOc1cccc2c1O[C@@H](c1ccsc1)N1N=C(c3ccccc3O)C[C@H]21. The lowest BCUT2D eigenvalue weighted by molar-refractivity contribution is -0.0209. The Balaban J connectivity index is 1.62. The zero-order chi connectivity index (χ0) is 19.1. The minimum Gasteiger partial charge on any atom is -0.507 e. The fourth-order valence-electron chi connectivity index (χ4n) is 3.87. The summed E-state index contributed by atoms with van der Waals surface area (Å²) in [6, 6.07) is 15.5. The number of aromatic hydroxyl groups is 1. The maximum atomic E-state index is 10.3. The topological polar surface area (TPSA) is 54.3 Å². The Morgan fingerprint density at radius 2 is 2.11 bits per heavy atom. The van der Waals surface area contributed by atoms with Crippen LogP contribution in [0.15, 0.2) is 64.4 Å². The number of phenols is 1. The van der Waals surface area contributed by atoms with E-state index >= 15 is 0 Å². The van der Waals surface area contributed by atoms with E-state index in [-0.39, 0.29) is 18.0 Å². The van der Waals surface area contributed by atoms with Crippen molar-refractivity contribution in [2.45, 2.75) is 25.6 Å². The lowest BCUT2D eigenvalue weighted by Gasteiger charge is -2.38. The average Bonchev–Trinajstić information content (AvgIpc) is 3.38. The molecule has 0 amide bonds. The molecule has 0 fully saturated rings. The first-order chi connectivity index (χ1) is 13.8. The van der Waals surface area contributed by atoms with Crippen LogP contribution in [0, 0.1) is 0 Å². The summed E-state index contributed by atoms with van der Waals surface area (Å²) in [4.78, 5) is 0. The minimum absolute atomic E-state index is 0.0312. The number of ether oxygens (including phenoxy) is 2. The molecule has 5 rings (SSSR count). The van der Waals surface area contributed by atoms with Crippen molar-refractivity contribution in [3.63, 3.8) is 0 Å². The molecule has 0 bridgehead atoms. The van der Waals surface area contributed by atoms with Crippen LogP contribution in [0.25, 0.3) is 0 Å². The summed E-state index contributed by atoms with van der Waals surface area (Å²) in [7, 11) is 0. The monoisotopic (exact) mass is 392 g/mol. The molecule has 28 heavy (non-hydrogen) atoms. The van der Waals surface area contributed by atoms with Crippen molar-refractivity contribution in [3.8, 4) is 17.2 Å². The summed E-state index contributed by atoms with van der Waals surface area (Å²) >= 11 is 1.64. The van der Waals surface area contributed by atoms with E-state index in [1.54, 1.807) is 17.4 Å². The maximum absolute atomic E-state index is 10.3. The van der Waals surface area contributed by atoms with Gasteiger partial charge in [0.05, 0.1) is 18.4 Å². The van der Waals surface area contributed by atoms with E-state index in [4.69, 9.17) is 14.6 Å². The van der Waals surface area contributed by atoms with Gasteiger partial charge in [-0.25, -0.2) is 5.01 Å². The maximum Gasteiger partial charge on any atom is 0.214 e. The molecular formula is C22H20N2O3S. The van der Waals surface area contributed by atoms with Crippen LogP contribution in [0.1, 0.15) is 42.3 Å². The molecule has 0 saturated carbocycles. The van der Waals surface area contributed by atoms with E-state index in [2.05, 4.69) is 17.5 Å². The zero-order valence-corrected chi connectivity index (χ0v) is 16.2. The van der Waals surface area contributed by atoms with Crippen molar-refractivity contribution in [2.75, 3.05) is 6.61 Å². The second-order valence-corrected chi connectivity index (χ2v) is 7.58. The Kier molecular flexibility index (Phi) is 4.20. The van der Waals surface area contributed by atoms with Crippen LogP contribution in [0.4, 0.5) is 0 Å². The molecule has 2 atom stereocenters. The minimum atomic E-state index is -0.325. The third-order valence-corrected chi connectivity index (χ3v) is 5.82. The molecule has 0 spiro atoms. The summed E-state index contributed by atoms with van der Waals surface area (Å²) in [6.45, 7) is 2.55. The quantitative estimate of drug-likeness (QED) is 0.672. The van der Waals surface area contributed by atoms with Crippen LogP contribution in [-0.2, 0) is 0 Å². The molecule has 0 aliphatic carbocycles. The van der Waals surface area contributed by atoms with E-state index in [0.29, 0.717) is 13.0 Å². The average molecular weight is 392 g/mol. The van der Waals surface area contributed by atoms with E-state index in [1.165, 1.54) is 0 Å². The Morgan fingerprint density at radius 3 is 2.89 bits per heavy atom. The van der Waals surface area contributed by atoms with Gasteiger partial charge in [0.25, 0.3) is 0 Å². The molecule has 0 unspecified atom stereocenters. The summed E-state index contributed by atoms with van der Waals surface area (Å²) < 4.78 is 12.3. The van der Waals surface area contributed by atoms with Gasteiger partial charge < -0.3 is 14.6 Å². The highest BCUT2D eigenvalue weighted by Crippen LogP contribution is 2.51. The Bertz CT molecular complexity index is 1030. The summed E-state index contributed by atoms with van der Waals surface area (Å²) in [5.74, 6) is 1.80. The van der Waals surface area contributed by atoms with Crippen LogP contribution in [-0.4, -0.2) is 22.4 Å². The number of hydrogen-bond donors (Lipinski definition) is 1. The number of para-hydroxylation sites is 2. The zero-order valence-electron chi connectivity index (χ0n) is 15.4. The van der Waals surface area contributed by atoms with Gasteiger partial charge in [-0.2, -0.15) is 16.4 Å². The molecular weight excluding hydrogens is 372 g/mol. The number of thiophene rings is 1. The number of rotatable bonds is 4. The first kappa shape index (κ1) is 17.1. The molecule has 2 aliphatic heterocycles. The van der Waals surface area contributed by atoms with Crippen LogP contribution >= 0.6 is 11.3 Å². The van der Waals surface area contributed by atoms with Crippen LogP contribution < -0.4 is 9.47 Å². The normalized spacial score (nSPS) is 20.2. The van der Waals surface area contributed by atoms with Gasteiger partial charge in [0.15, 0.2) is 11.5 Å². The second-order valence-electron chi connectivity index (χ2n) is 6.80. The number of hydrazone groups is 1. The van der Waals surface area contributed by atoms with Crippen molar-refractivity contribution < 1.29 is 14.6 Å². The lowest BCUT2D eigenvalue weighted by atomic mass is 9.95. The Morgan fingerprint density at radius 1 is 1.21 bits per heavy atom. The van der Waals surface area contributed by atoms with Crippen LogP contribution in [0.2, 0.25) is 0 Å². The molecule has 0 saturated heterocycles. The summed E-state index contributed by atoms with van der Waals surface area (Å²) in [6.07, 6.45) is 0.373. The van der Waals surface area contributed by atoms with Crippen molar-refractivity contribution in [2.24, 2.45) is 5.10 Å². The van der Waals surface area contributed by atoms with Gasteiger partial charge in [-0.1, -0.05) is 24.3 Å². The molecule has 5 nitrogen and oxygen atoms in total. The molecule has 6 heteroatoms. The molecule has 3 aromatic rings. The standard InChI is InChI=1S/C22H20N2O3S/c1-2-26-20-9-5-7-16-18-12-17(15-6-3-4-8-19(15)25)23-24(18)22(27-21(16)20)14-10-11-28-13-14/h3-11,13,18,22,25H,2,12H2,1H3/t18-,22+/m1/s1. The predicted molar refractivity (Wildman–Crippen MR) is 109 cm³/mol. The van der Waals surface area contributed by atoms with Gasteiger partial charge in [0.2, 0.25) is 6.23 Å². The summed E-state index contributed by atoms with van der Waals surface area (Å²) in [5, 5.41) is 21.3. The first-order valence-corrected chi connectivity index (χ1v) is 10.3. The third kappa shape index (κ3) is 2.72. The summed E-state index contributed by atoms with van der Waals surface area (Å²) in [5.41, 5.74) is 3.76. The molecule has 0 radical (unpaired) electrons. The molecule has 1 N–H and O–H groups in total. The van der Waals surface area contributed by atoms with Crippen molar-refractivity contribution in [3.05, 3.63) is 76.0 Å². The second kappa shape index (κ2) is 6.87. The van der Waals surface area contributed by atoms with Gasteiger partial charge >= 0.3 is 0 Å². The lowest BCUT2D eigenvalue weighted by Crippen LogP contribution is -2.33. The number of hydrogen-bond acceptors (Lipinski definition) is 6. The van der Waals surface area contributed by atoms with Crippen molar-refractivity contribution in [1.82, 2.24) is 5.01 Å².